The van der Waals surface area contributed by atoms with E-state index < -0.39 is 0 Å². The van der Waals surface area contributed by atoms with Crippen LogP contribution in [0, 0.1) is 0 Å². The van der Waals surface area contributed by atoms with Gasteiger partial charge in [-0.3, -0.25) is 0 Å². The van der Waals surface area contributed by atoms with Crippen molar-refractivity contribution in [1.82, 2.24) is 15.1 Å². The molecule has 4 nitrogen and oxygen atoms in total. The lowest BCUT2D eigenvalue weighted by Gasteiger charge is -1.91. The fourth-order valence-electron chi connectivity index (χ4n) is 0.812. The summed E-state index contributed by atoms with van der Waals surface area (Å²) in [5.74, 6) is 0.317. The van der Waals surface area contributed by atoms with Gasteiger partial charge in [-0.05, 0) is 44.8 Å². The minimum absolute atomic E-state index is 0.0831. The summed E-state index contributed by atoms with van der Waals surface area (Å²) in [5, 5.41) is 3.53. The average molecular weight is 260 g/mol. The minimum Gasteiger partial charge on any atom is -0.331 e. The fraction of sp³-hybridized carbons (Fsp3) is 0. The zero-order valence-corrected chi connectivity index (χ0v) is 8.58. The van der Waals surface area contributed by atoms with Crippen LogP contribution in [-0.4, -0.2) is 15.1 Å². The van der Waals surface area contributed by atoms with Crippen molar-refractivity contribution in [2.45, 2.75) is 0 Å². The van der Waals surface area contributed by atoms with Gasteiger partial charge in [0.15, 0.2) is 0 Å². The molecule has 0 atom stereocenters. The second-order valence-corrected chi connectivity index (χ2v) is 3.48. The number of hydrogen-bond acceptors (Lipinski definition) is 4. The van der Waals surface area contributed by atoms with Crippen molar-refractivity contribution in [3.05, 3.63) is 28.1 Å². The van der Waals surface area contributed by atoms with Gasteiger partial charge in [0.2, 0.25) is 0 Å². The fourth-order valence-corrected chi connectivity index (χ4v) is 1.16. The van der Waals surface area contributed by atoms with E-state index in [0.29, 0.717) is 11.6 Å². The van der Waals surface area contributed by atoms with Crippen molar-refractivity contribution in [2.75, 3.05) is 0 Å². The molecule has 0 saturated heterocycles. The summed E-state index contributed by atoms with van der Waals surface area (Å²) in [4.78, 5) is 7.88. The van der Waals surface area contributed by atoms with E-state index in [4.69, 9.17) is 16.1 Å². The van der Waals surface area contributed by atoms with Gasteiger partial charge < -0.3 is 4.52 Å². The Bertz CT molecular complexity index is 414. The molecular weight excluding hydrogens is 257 g/mol. The predicted octanol–water partition coefficient (Wildman–Crippen LogP) is 2.55. The monoisotopic (exact) mass is 259 g/mol. The first-order valence-corrected chi connectivity index (χ1v) is 4.54. The Hall–Kier alpha value is -0.940. The summed E-state index contributed by atoms with van der Waals surface area (Å²) >= 11 is 8.76. The molecule has 0 amide bonds. The SMILES string of the molecule is Clc1noc(-c2ccc(Br)cn2)n1. The first-order chi connectivity index (χ1) is 6.25. The van der Waals surface area contributed by atoms with E-state index in [0.717, 1.165) is 4.47 Å². The maximum Gasteiger partial charge on any atom is 0.277 e. The number of nitrogens with zero attached hydrogens (tertiary/aromatic N) is 3. The van der Waals surface area contributed by atoms with Crippen LogP contribution < -0.4 is 0 Å². The predicted molar refractivity (Wildman–Crippen MR) is 50.2 cm³/mol. The average Bonchev–Trinajstić information content (AvgIpc) is 2.53. The minimum atomic E-state index is 0.0831. The molecule has 0 fully saturated rings. The van der Waals surface area contributed by atoms with Crippen molar-refractivity contribution < 1.29 is 4.52 Å². The lowest BCUT2D eigenvalue weighted by atomic mass is 10.3. The summed E-state index contributed by atoms with van der Waals surface area (Å²) < 4.78 is 5.71. The maximum atomic E-state index is 5.49. The highest BCUT2D eigenvalue weighted by Gasteiger charge is 2.07. The standard InChI is InChI=1S/C7H3BrClN3O/c8-4-1-2-5(10-3-4)6-11-7(9)12-13-6/h1-3H. The molecule has 66 valence electrons. The summed E-state index contributed by atoms with van der Waals surface area (Å²) in [6.45, 7) is 0. The van der Waals surface area contributed by atoms with Crippen LogP contribution in [0.5, 0.6) is 0 Å². The van der Waals surface area contributed by atoms with Crippen LogP contribution in [0.15, 0.2) is 27.3 Å². The zero-order chi connectivity index (χ0) is 9.26. The molecule has 2 rings (SSSR count). The molecule has 13 heavy (non-hydrogen) atoms. The second-order valence-electron chi connectivity index (χ2n) is 2.23. The summed E-state index contributed by atoms with van der Waals surface area (Å²) in [6.07, 6.45) is 1.65. The van der Waals surface area contributed by atoms with E-state index in [2.05, 4.69) is 31.1 Å². The van der Waals surface area contributed by atoms with E-state index in [1.165, 1.54) is 0 Å². The Kier molecular flexibility index (Phi) is 2.28. The topological polar surface area (TPSA) is 51.8 Å². The molecule has 0 aromatic carbocycles. The van der Waals surface area contributed by atoms with E-state index in [-0.39, 0.29) is 5.28 Å². The molecule has 0 radical (unpaired) electrons. The molecule has 0 N–H and O–H groups in total. The van der Waals surface area contributed by atoms with E-state index in [9.17, 15) is 0 Å². The third kappa shape index (κ3) is 1.87. The van der Waals surface area contributed by atoms with Crippen LogP contribution >= 0.6 is 27.5 Å². The Labute approximate surface area is 87.1 Å². The van der Waals surface area contributed by atoms with Gasteiger partial charge in [0, 0.05) is 10.7 Å². The Morgan fingerprint density at radius 2 is 2.23 bits per heavy atom. The largest absolute Gasteiger partial charge is 0.331 e. The smallest absolute Gasteiger partial charge is 0.277 e. The highest BCUT2D eigenvalue weighted by molar-refractivity contribution is 9.10. The Balaban J connectivity index is 2.41. The molecule has 0 bridgehead atoms. The van der Waals surface area contributed by atoms with Crippen LogP contribution in [0.1, 0.15) is 0 Å². The number of hydrogen-bond donors (Lipinski definition) is 0. The first-order valence-electron chi connectivity index (χ1n) is 3.37. The molecule has 0 saturated carbocycles. The number of pyridine rings is 1. The molecule has 0 spiro atoms. The lowest BCUT2D eigenvalue weighted by Crippen LogP contribution is -1.81. The van der Waals surface area contributed by atoms with Crippen LogP contribution in [0.4, 0.5) is 0 Å². The van der Waals surface area contributed by atoms with E-state index >= 15 is 0 Å². The van der Waals surface area contributed by atoms with Crippen LogP contribution in [0.2, 0.25) is 5.28 Å². The Morgan fingerprint density at radius 3 is 2.77 bits per heavy atom. The molecule has 0 aliphatic heterocycles. The van der Waals surface area contributed by atoms with Gasteiger partial charge in [0.25, 0.3) is 11.2 Å². The van der Waals surface area contributed by atoms with E-state index in [1.54, 1.807) is 12.3 Å². The summed E-state index contributed by atoms with van der Waals surface area (Å²) in [6, 6.07) is 3.59. The van der Waals surface area contributed by atoms with Crippen molar-refractivity contribution in [3.63, 3.8) is 0 Å². The van der Waals surface area contributed by atoms with Gasteiger partial charge in [-0.15, -0.1) is 0 Å². The molecule has 2 heterocycles. The number of halogens is 2. The quantitative estimate of drug-likeness (QED) is 0.790. The second kappa shape index (κ2) is 3.43. The zero-order valence-electron chi connectivity index (χ0n) is 6.24. The highest BCUT2D eigenvalue weighted by Crippen LogP contribution is 2.17. The van der Waals surface area contributed by atoms with Crippen molar-refractivity contribution >= 4 is 27.5 Å². The van der Waals surface area contributed by atoms with Gasteiger partial charge in [-0.2, -0.15) is 4.98 Å². The summed E-state index contributed by atoms with van der Waals surface area (Å²) in [7, 11) is 0. The van der Waals surface area contributed by atoms with Crippen molar-refractivity contribution in [1.29, 1.82) is 0 Å². The highest BCUT2D eigenvalue weighted by atomic mass is 79.9. The van der Waals surface area contributed by atoms with Crippen LogP contribution in [0.25, 0.3) is 11.6 Å². The van der Waals surface area contributed by atoms with Crippen molar-refractivity contribution in [2.24, 2.45) is 0 Å². The molecule has 2 aromatic heterocycles. The normalized spacial score (nSPS) is 10.3. The number of aromatic nitrogens is 3. The molecule has 2 aromatic rings. The third-order valence-corrected chi connectivity index (χ3v) is 1.97. The molecule has 0 aliphatic carbocycles. The van der Waals surface area contributed by atoms with Gasteiger partial charge in [-0.25, -0.2) is 4.98 Å². The molecule has 0 unspecified atom stereocenters. The van der Waals surface area contributed by atoms with Gasteiger partial charge in [0.05, 0.1) is 0 Å². The molecule has 0 aliphatic rings. The van der Waals surface area contributed by atoms with Crippen LogP contribution in [0.3, 0.4) is 0 Å². The lowest BCUT2D eigenvalue weighted by molar-refractivity contribution is 0.429. The molecular formula is C7H3BrClN3O. The Morgan fingerprint density at radius 1 is 1.38 bits per heavy atom. The maximum absolute atomic E-state index is 5.49. The first kappa shape index (κ1) is 8.65. The van der Waals surface area contributed by atoms with E-state index in [1.807, 2.05) is 6.07 Å². The van der Waals surface area contributed by atoms with Crippen LogP contribution in [-0.2, 0) is 0 Å². The molecule has 6 heteroatoms. The van der Waals surface area contributed by atoms with Gasteiger partial charge in [0.1, 0.15) is 5.69 Å². The van der Waals surface area contributed by atoms with Crippen molar-refractivity contribution in [3.8, 4) is 11.6 Å². The third-order valence-electron chi connectivity index (χ3n) is 1.35. The summed E-state index contributed by atoms with van der Waals surface area (Å²) in [5.41, 5.74) is 0.600. The van der Waals surface area contributed by atoms with Gasteiger partial charge >= 0.3 is 0 Å². The number of rotatable bonds is 1. The van der Waals surface area contributed by atoms with Gasteiger partial charge in [-0.1, -0.05) is 0 Å².